The van der Waals surface area contributed by atoms with E-state index in [2.05, 4.69) is 15.2 Å². The summed E-state index contributed by atoms with van der Waals surface area (Å²) < 4.78 is 0. The minimum absolute atomic E-state index is 0.109. The summed E-state index contributed by atoms with van der Waals surface area (Å²) in [6, 6.07) is 3.56. The molecule has 1 unspecified atom stereocenters. The number of ketones is 1. The van der Waals surface area contributed by atoms with Crippen LogP contribution in [0.5, 0.6) is 0 Å². The average Bonchev–Trinajstić information content (AvgIpc) is 2.81. The van der Waals surface area contributed by atoms with E-state index in [1.807, 2.05) is 13.0 Å². The molecular weight excluding hydrogens is 338 g/mol. The van der Waals surface area contributed by atoms with Gasteiger partial charge in [-0.3, -0.25) is 14.5 Å². The fraction of sp³-hybridized carbons (Fsp3) is 0.500. The fourth-order valence-corrected chi connectivity index (χ4v) is 4.54. The van der Waals surface area contributed by atoms with Crippen LogP contribution in [-0.2, 0) is 9.59 Å². The molecule has 134 valence electrons. The molecule has 7 heteroatoms. The Kier molecular flexibility index (Phi) is 5.56. The number of β-amino-alcohol motifs (C(OH)–C–C–N with tert-alkyl or cyclic N) is 1. The lowest BCUT2D eigenvalue weighted by atomic mass is 10.00. The van der Waals surface area contributed by atoms with Crippen molar-refractivity contribution in [2.45, 2.75) is 38.0 Å². The number of thioether (sulfide) groups is 1. The summed E-state index contributed by atoms with van der Waals surface area (Å²) in [5.74, 6) is 0.363. The predicted octanol–water partition coefficient (Wildman–Crippen LogP) is 1.91. The minimum atomic E-state index is -0.287. The lowest BCUT2D eigenvalue weighted by Crippen LogP contribution is -2.39. The first-order chi connectivity index (χ1) is 11.9. The van der Waals surface area contributed by atoms with Crippen LogP contribution >= 0.6 is 11.8 Å². The molecular formula is C18H23N3O3S. The van der Waals surface area contributed by atoms with E-state index in [1.165, 1.54) is 6.92 Å². The van der Waals surface area contributed by atoms with Gasteiger partial charge in [-0.15, -0.1) is 11.8 Å². The number of carbonyl (C=O) groups is 2. The second kappa shape index (κ2) is 7.68. The molecule has 2 N–H and O–H groups in total. The zero-order chi connectivity index (χ0) is 18.0. The third-order valence-corrected chi connectivity index (χ3v) is 5.60. The van der Waals surface area contributed by atoms with Gasteiger partial charge < -0.3 is 10.4 Å². The van der Waals surface area contributed by atoms with Gasteiger partial charge in [0.1, 0.15) is 5.82 Å². The molecule has 1 fully saturated rings. The lowest BCUT2D eigenvalue weighted by molar-refractivity contribution is -0.114. The zero-order valence-corrected chi connectivity index (χ0v) is 15.3. The Morgan fingerprint density at radius 3 is 3.04 bits per heavy atom. The standard InChI is InChI=1S/C18H23N3O3S/c1-11-18(24)17(13-5-6-19-16(8-13)20-12(2)22)15(25-11)10-21-7-3-4-14(23)9-21/h5-6,8,11,14,23H,3-4,7,9-10H2,1-2H3,(H,19,20,22)/t11-,14?/m1/s1. The Balaban J connectivity index is 1.88. The maximum atomic E-state index is 12.7. The monoisotopic (exact) mass is 361 g/mol. The highest BCUT2D eigenvalue weighted by molar-refractivity contribution is 8.05. The van der Waals surface area contributed by atoms with Gasteiger partial charge in [0.25, 0.3) is 0 Å². The second-order valence-electron chi connectivity index (χ2n) is 6.56. The van der Waals surface area contributed by atoms with E-state index in [4.69, 9.17) is 0 Å². The van der Waals surface area contributed by atoms with Gasteiger partial charge in [-0.25, -0.2) is 4.98 Å². The maximum Gasteiger partial charge on any atom is 0.222 e. The van der Waals surface area contributed by atoms with Crippen molar-refractivity contribution in [2.24, 2.45) is 0 Å². The number of likely N-dealkylation sites (tertiary alicyclic amines) is 1. The molecule has 2 aliphatic heterocycles. The molecule has 1 amide bonds. The molecule has 0 radical (unpaired) electrons. The number of allylic oxidation sites excluding steroid dienone is 1. The van der Waals surface area contributed by atoms with Crippen LogP contribution in [0.15, 0.2) is 23.2 Å². The molecule has 0 bridgehead atoms. The fourth-order valence-electron chi connectivity index (χ4n) is 3.30. The van der Waals surface area contributed by atoms with E-state index < -0.39 is 0 Å². The highest BCUT2D eigenvalue weighted by Crippen LogP contribution is 2.41. The molecule has 25 heavy (non-hydrogen) atoms. The Hall–Kier alpha value is -1.70. The van der Waals surface area contributed by atoms with E-state index in [0.717, 1.165) is 29.9 Å². The third kappa shape index (κ3) is 4.29. The number of rotatable bonds is 4. The van der Waals surface area contributed by atoms with Gasteiger partial charge in [-0.05, 0) is 44.0 Å². The number of aliphatic hydroxyl groups excluding tert-OH is 1. The van der Waals surface area contributed by atoms with Crippen LogP contribution in [0.25, 0.3) is 5.57 Å². The predicted molar refractivity (Wildman–Crippen MR) is 99.2 cm³/mol. The van der Waals surface area contributed by atoms with Crippen molar-refractivity contribution in [3.8, 4) is 0 Å². The van der Waals surface area contributed by atoms with E-state index >= 15 is 0 Å². The molecule has 0 aliphatic carbocycles. The van der Waals surface area contributed by atoms with Crippen molar-refractivity contribution in [1.82, 2.24) is 9.88 Å². The van der Waals surface area contributed by atoms with Crippen molar-refractivity contribution < 1.29 is 14.7 Å². The first kappa shape index (κ1) is 18.1. The van der Waals surface area contributed by atoms with Gasteiger partial charge in [0.05, 0.1) is 11.4 Å². The van der Waals surface area contributed by atoms with Gasteiger partial charge in [-0.2, -0.15) is 0 Å². The van der Waals surface area contributed by atoms with Crippen molar-refractivity contribution >= 4 is 34.8 Å². The molecule has 1 aromatic rings. The van der Waals surface area contributed by atoms with Crippen LogP contribution in [0.3, 0.4) is 0 Å². The van der Waals surface area contributed by atoms with Crippen LogP contribution in [-0.4, -0.2) is 57.7 Å². The molecule has 1 aromatic heterocycles. The second-order valence-corrected chi connectivity index (χ2v) is 8.00. The smallest absolute Gasteiger partial charge is 0.222 e. The van der Waals surface area contributed by atoms with Crippen LogP contribution in [0, 0.1) is 0 Å². The van der Waals surface area contributed by atoms with E-state index in [1.54, 1.807) is 24.0 Å². The van der Waals surface area contributed by atoms with Gasteiger partial charge in [0.2, 0.25) is 5.91 Å². The topological polar surface area (TPSA) is 82.5 Å². The first-order valence-electron chi connectivity index (χ1n) is 8.52. The molecule has 0 saturated carbocycles. The largest absolute Gasteiger partial charge is 0.392 e. The van der Waals surface area contributed by atoms with E-state index in [9.17, 15) is 14.7 Å². The van der Waals surface area contributed by atoms with Gasteiger partial charge >= 0.3 is 0 Å². The number of aliphatic hydroxyl groups is 1. The highest BCUT2D eigenvalue weighted by Gasteiger charge is 2.33. The normalized spacial score (nSPS) is 24.7. The van der Waals surface area contributed by atoms with Crippen LogP contribution in [0.2, 0.25) is 0 Å². The van der Waals surface area contributed by atoms with Crippen LogP contribution < -0.4 is 5.32 Å². The minimum Gasteiger partial charge on any atom is -0.392 e. The van der Waals surface area contributed by atoms with Gasteiger partial charge in [-0.1, -0.05) is 0 Å². The third-order valence-electron chi connectivity index (χ3n) is 4.41. The number of nitrogens with one attached hydrogen (secondary N) is 1. The number of anilines is 1. The van der Waals surface area contributed by atoms with E-state index in [-0.39, 0.29) is 23.0 Å². The van der Waals surface area contributed by atoms with Crippen molar-refractivity contribution in [3.63, 3.8) is 0 Å². The number of amides is 1. The Bertz CT molecular complexity index is 719. The number of aromatic nitrogens is 1. The average molecular weight is 361 g/mol. The van der Waals surface area contributed by atoms with Crippen molar-refractivity contribution in [3.05, 3.63) is 28.8 Å². The Morgan fingerprint density at radius 1 is 1.52 bits per heavy atom. The number of Topliss-reactive ketones (excluding diaryl/α,β-unsaturated/α-hetero) is 1. The molecule has 2 atom stereocenters. The molecule has 2 aliphatic rings. The number of pyridine rings is 1. The summed E-state index contributed by atoms with van der Waals surface area (Å²) in [6.07, 6.45) is 3.14. The van der Waals surface area contributed by atoms with Gasteiger partial charge in [0, 0.05) is 36.7 Å². The zero-order valence-electron chi connectivity index (χ0n) is 14.5. The highest BCUT2D eigenvalue weighted by atomic mass is 32.2. The molecule has 1 saturated heterocycles. The SMILES string of the molecule is CC(=O)Nc1cc(C2=C(CN3CCCC(O)C3)S[C@H](C)C2=O)ccn1. The molecule has 0 spiro atoms. The lowest BCUT2D eigenvalue weighted by Gasteiger charge is -2.30. The number of piperidine rings is 1. The van der Waals surface area contributed by atoms with Crippen molar-refractivity contribution in [2.75, 3.05) is 25.0 Å². The summed E-state index contributed by atoms with van der Waals surface area (Å²) in [5.41, 5.74) is 1.50. The maximum absolute atomic E-state index is 12.7. The summed E-state index contributed by atoms with van der Waals surface area (Å²) in [5, 5.41) is 12.4. The van der Waals surface area contributed by atoms with Gasteiger partial charge in [0.15, 0.2) is 5.78 Å². The molecule has 0 aromatic carbocycles. The molecule has 3 heterocycles. The molecule has 3 rings (SSSR count). The number of hydrogen-bond donors (Lipinski definition) is 2. The van der Waals surface area contributed by atoms with Crippen molar-refractivity contribution in [1.29, 1.82) is 0 Å². The quantitative estimate of drug-likeness (QED) is 0.852. The van der Waals surface area contributed by atoms with E-state index in [0.29, 0.717) is 24.5 Å². The van der Waals surface area contributed by atoms with Crippen LogP contribution in [0.1, 0.15) is 32.3 Å². The number of nitrogens with zero attached hydrogens (tertiary/aromatic N) is 2. The number of carbonyl (C=O) groups excluding carboxylic acids is 2. The molecule has 6 nitrogen and oxygen atoms in total. The summed E-state index contributed by atoms with van der Waals surface area (Å²) in [6.45, 7) is 5.60. The Morgan fingerprint density at radius 2 is 2.32 bits per heavy atom. The summed E-state index contributed by atoms with van der Waals surface area (Å²) >= 11 is 1.59. The first-order valence-corrected chi connectivity index (χ1v) is 9.40. The Labute approximate surface area is 151 Å². The number of hydrogen-bond acceptors (Lipinski definition) is 6. The van der Waals surface area contributed by atoms with Crippen LogP contribution in [0.4, 0.5) is 5.82 Å². The summed E-state index contributed by atoms with van der Waals surface area (Å²) in [7, 11) is 0. The summed E-state index contributed by atoms with van der Waals surface area (Å²) in [4.78, 5) is 31.3.